The van der Waals surface area contributed by atoms with Crippen molar-refractivity contribution in [1.29, 1.82) is 0 Å². The minimum absolute atomic E-state index is 0.0289. The number of sulfonamides is 1. The Morgan fingerprint density at radius 3 is 2.11 bits per heavy atom. The van der Waals surface area contributed by atoms with Crippen LogP contribution in [0.3, 0.4) is 0 Å². The number of fused-ring (bicyclic) bond motifs is 3. The maximum absolute atomic E-state index is 13.8. The molecule has 5 nitrogen and oxygen atoms in total. The van der Waals surface area contributed by atoms with Gasteiger partial charge in [-0.2, -0.15) is 4.31 Å². The minimum Gasteiger partial charge on any atom is -0.387 e. The van der Waals surface area contributed by atoms with E-state index in [4.69, 9.17) is 0 Å². The summed E-state index contributed by atoms with van der Waals surface area (Å²) in [5, 5.41) is 12.1. The van der Waals surface area contributed by atoms with Crippen LogP contribution in [0.4, 0.5) is 8.78 Å². The molecule has 3 aromatic rings. The topological polar surface area (TPSA) is 62.5 Å². The average molecular weight is 408 g/mol. The maximum atomic E-state index is 13.8. The predicted octanol–water partition coefficient (Wildman–Crippen LogP) is 3.25. The third kappa shape index (κ3) is 3.52. The molecule has 1 aromatic heterocycles. The van der Waals surface area contributed by atoms with Gasteiger partial charge in [0.2, 0.25) is 10.0 Å². The van der Waals surface area contributed by atoms with Gasteiger partial charge in [-0.25, -0.2) is 17.2 Å². The lowest BCUT2D eigenvalue weighted by Crippen LogP contribution is -2.48. The maximum Gasteiger partial charge on any atom is 0.214 e. The third-order valence-corrected chi connectivity index (χ3v) is 7.16. The van der Waals surface area contributed by atoms with E-state index in [0.717, 1.165) is 6.42 Å². The molecule has 1 aliphatic rings. The molecule has 0 aliphatic carbocycles. The van der Waals surface area contributed by atoms with Crippen LogP contribution in [0.1, 0.15) is 19.8 Å². The van der Waals surface area contributed by atoms with Crippen LogP contribution in [0, 0.1) is 11.6 Å². The quantitative estimate of drug-likeness (QED) is 0.721. The highest BCUT2D eigenvalue weighted by molar-refractivity contribution is 7.89. The fraction of sp³-hybridized carbons (Fsp3) is 0.400. The Labute approximate surface area is 162 Å². The molecule has 1 unspecified atom stereocenters. The number of aliphatic hydroxyl groups is 1. The highest BCUT2D eigenvalue weighted by Gasteiger charge is 2.33. The summed E-state index contributed by atoms with van der Waals surface area (Å²) in [4.78, 5) is 0. The number of hydrogen-bond acceptors (Lipinski definition) is 3. The van der Waals surface area contributed by atoms with E-state index in [-0.39, 0.29) is 18.8 Å². The molecule has 4 rings (SSSR count). The van der Waals surface area contributed by atoms with Crippen molar-refractivity contribution >= 4 is 31.8 Å². The van der Waals surface area contributed by atoms with Crippen LogP contribution in [0.15, 0.2) is 36.4 Å². The zero-order valence-electron chi connectivity index (χ0n) is 15.5. The van der Waals surface area contributed by atoms with Gasteiger partial charge in [-0.05, 0) is 56.2 Å². The fourth-order valence-corrected chi connectivity index (χ4v) is 5.72. The largest absolute Gasteiger partial charge is 0.387 e. The molecule has 1 saturated heterocycles. The summed E-state index contributed by atoms with van der Waals surface area (Å²) in [6, 6.07) is 8.51. The lowest BCUT2D eigenvalue weighted by molar-refractivity contribution is 0.0251. The van der Waals surface area contributed by atoms with Gasteiger partial charge in [-0.3, -0.25) is 0 Å². The number of halogens is 2. The SMILES string of the molecule is CC(O)(CN1CCCCS1(=O)=O)Cn1c2ccc(F)cc2c2cc(F)ccc21. The van der Waals surface area contributed by atoms with Crippen molar-refractivity contribution < 1.29 is 22.3 Å². The Kier molecular flexibility index (Phi) is 4.68. The lowest BCUT2D eigenvalue weighted by Gasteiger charge is -2.33. The van der Waals surface area contributed by atoms with Gasteiger partial charge in [0.25, 0.3) is 0 Å². The van der Waals surface area contributed by atoms with Crippen LogP contribution in [0.2, 0.25) is 0 Å². The molecule has 1 N–H and O–H groups in total. The molecule has 0 spiro atoms. The zero-order valence-corrected chi connectivity index (χ0v) is 16.3. The Bertz CT molecular complexity index is 1100. The van der Waals surface area contributed by atoms with Gasteiger partial charge < -0.3 is 9.67 Å². The van der Waals surface area contributed by atoms with E-state index in [1.165, 1.54) is 28.6 Å². The number of benzene rings is 2. The normalized spacial score (nSPS) is 19.9. The number of nitrogens with zero attached hydrogens (tertiary/aromatic N) is 2. The van der Waals surface area contributed by atoms with E-state index < -0.39 is 27.3 Å². The Morgan fingerprint density at radius 2 is 1.57 bits per heavy atom. The summed E-state index contributed by atoms with van der Waals surface area (Å²) in [7, 11) is -3.37. The minimum atomic E-state index is -3.37. The van der Waals surface area contributed by atoms with Gasteiger partial charge in [-0.1, -0.05) is 0 Å². The molecule has 1 atom stereocenters. The highest BCUT2D eigenvalue weighted by Crippen LogP contribution is 2.32. The van der Waals surface area contributed by atoms with Crippen molar-refractivity contribution in [2.24, 2.45) is 0 Å². The van der Waals surface area contributed by atoms with E-state index in [9.17, 15) is 22.3 Å². The molecule has 2 aromatic carbocycles. The lowest BCUT2D eigenvalue weighted by atomic mass is 10.1. The monoisotopic (exact) mass is 408 g/mol. The van der Waals surface area contributed by atoms with Crippen molar-refractivity contribution in [1.82, 2.24) is 8.87 Å². The van der Waals surface area contributed by atoms with Gasteiger partial charge in [0.05, 0.1) is 17.9 Å². The first kappa shape index (κ1) is 19.3. The predicted molar refractivity (Wildman–Crippen MR) is 105 cm³/mol. The standard InChI is InChI=1S/C20H22F2N2O3S/c1-20(25,12-23-8-2-3-9-28(23,26)27)13-24-18-6-4-14(21)10-16(18)17-11-15(22)5-7-19(17)24/h4-7,10-11,25H,2-3,8-9,12-13H2,1H3. The van der Waals surface area contributed by atoms with Gasteiger partial charge in [0.1, 0.15) is 11.6 Å². The van der Waals surface area contributed by atoms with Crippen LogP contribution >= 0.6 is 0 Å². The molecule has 28 heavy (non-hydrogen) atoms. The van der Waals surface area contributed by atoms with Gasteiger partial charge in [0, 0.05) is 34.9 Å². The van der Waals surface area contributed by atoms with E-state index in [0.29, 0.717) is 34.8 Å². The molecule has 0 radical (unpaired) electrons. The van der Waals surface area contributed by atoms with E-state index in [2.05, 4.69) is 0 Å². The molecule has 150 valence electrons. The van der Waals surface area contributed by atoms with E-state index in [1.54, 1.807) is 23.6 Å². The van der Waals surface area contributed by atoms with Crippen LogP contribution in [-0.2, 0) is 16.6 Å². The number of aromatic nitrogens is 1. The van der Waals surface area contributed by atoms with E-state index in [1.807, 2.05) is 0 Å². The molecule has 1 fully saturated rings. The van der Waals surface area contributed by atoms with Crippen LogP contribution in [0.25, 0.3) is 21.8 Å². The van der Waals surface area contributed by atoms with Crippen molar-refractivity contribution in [2.75, 3.05) is 18.8 Å². The van der Waals surface area contributed by atoms with Gasteiger partial charge >= 0.3 is 0 Å². The highest BCUT2D eigenvalue weighted by atomic mass is 32.2. The van der Waals surface area contributed by atoms with Crippen LogP contribution in [0.5, 0.6) is 0 Å². The second-order valence-electron chi connectivity index (χ2n) is 7.76. The van der Waals surface area contributed by atoms with Crippen molar-refractivity contribution in [3.63, 3.8) is 0 Å². The van der Waals surface area contributed by atoms with E-state index >= 15 is 0 Å². The molecule has 0 amide bonds. The third-order valence-electron chi connectivity index (χ3n) is 5.26. The molecule has 1 aliphatic heterocycles. The van der Waals surface area contributed by atoms with Crippen molar-refractivity contribution in [2.45, 2.75) is 31.9 Å². The second kappa shape index (κ2) is 6.79. The number of rotatable bonds is 4. The summed E-state index contributed by atoms with van der Waals surface area (Å²) in [5.74, 6) is -0.763. The summed E-state index contributed by atoms with van der Waals surface area (Å²) < 4.78 is 55.3. The Morgan fingerprint density at radius 1 is 1.00 bits per heavy atom. The average Bonchev–Trinajstić information content (AvgIpc) is 2.89. The molecule has 8 heteroatoms. The summed E-state index contributed by atoms with van der Waals surface area (Å²) in [6.45, 7) is 2.04. The van der Waals surface area contributed by atoms with Gasteiger partial charge in [-0.15, -0.1) is 0 Å². The Balaban J connectivity index is 1.76. The van der Waals surface area contributed by atoms with Crippen LogP contribution in [-0.4, -0.2) is 46.8 Å². The molecular formula is C20H22F2N2O3S. The zero-order chi connectivity index (χ0) is 20.1. The molecule has 0 bridgehead atoms. The van der Waals surface area contributed by atoms with Crippen LogP contribution < -0.4 is 0 Å². The summed E-state index contributed by atoms with van der Waals surface area (Å²) >= 11 is 0. The first-order valence-electron chi connectivity index (χ1n) is 9.24. The van der Waals surface area contributed by atoms with Crippen molar-refractivity contribution in [3.8, 4) is 0 Å². The second-order valence-corrected chi connectivity index (χ2v) is 9.85. The molecular weight excluding hydrogens is 386 g/mol. The first-order chi connectivity index (χ1) is 13.2. The Hall–Kier alpha value is -2.03. The first-order valence-corrected chi connectivity index (χ1v) is 10.8. The number of β-amino-alcohol motifs (C(OH)–C–C–N with tert-alkyl or cyclic N) is 1. The fourth-order valence-electron chi connectivity index (χ4n) is 4.01. The van der Waals surface area contributed by atoms with Crippen molar-refractivity contribution in [3.05, 3.63) is 48.0 Å². The molecule has 2 heterocycles. The number of hydrogen-bond donors (Lipinski definition) is 1. The molecule has 0 saturated carbocycles. The smallest absolute Gasteiger partial charge is 0.214 e. The summed E-state index contributed by atoms with van der Waals surface area (Å²) in [6.07, 6.45) is 1.40. The summed E-state index contributed by atoms with van der Waals surface area (Å²) in [5.41, 5.74) is -0.0425. The van der Waals surface area contributed by atoms with Gasteiger partial charge in [0.15, 0.2) is 0 Å².